The molecule has 1 amide bonds. The Morgan fingerprint density at radius 2 is 2.08 bits per heavy atom. The monoisotopic (exact) mass is 364 g/mol. The van der Waals surface area contributed by atoms with E-state index in [1.54, 1.807) is 42.3 Å². The van der Waals surface area contributed by atoms with E-state index in [0.717, 1.165) is 11.5 Å². The first kappa shape index (κ1) is 17.6. The van der Waals surface area contributed by atoms with Gasteiger partial charge in [0.25, 0.3) is 0 Å². The number of nitrogens with zero attached hydrogens (tertiary/aromatic N) is 2. The van der Waals surface area contributed by atoms with Gasteiger partial charge in [0.05, 0.1) is 17.2 Å². The average molecular weight is 364 g/mol. The fourth-order valence-electron chi connectivity index (χ4n) is 2.78. The minimum atomic E-state index is -3.46. The van der Waals surface area contributed by atoms with Gasteiger partial charge in [-0.2, -0.15) is 0 Å². The second-order valence-corrected chi connectivity index (χ2v) is 7.97. The highest BCUT2D eigenvalue weighted by Gasteiger charge is 2.26. The topological polar surface area (TPSA) is 89.7 Å². The highest BCUT2D eigenvalue weighted by molar-refractivity contribution is 7.91. The summed E-state index contributed by atoms with van der Waals surface area (Å²) in [6.07, 6.45) is 0.526. The predicted molar refractivity (Wildman–Crippen MR) is 89.4 cm³/mol. The number of hydrogen-bond acceptors (Lipinski definition) is 6. The number of rotatable bonds is 6. The summed E-state index contributed by atoms with van der Waals surface area (Å²) in [6, 6.07) is 8.18. The summed E-state index contributed by atoms with van der Waals surface area (Å²) in [5, 5.41) is 0. The van der Waals surface area contributed by atoms with Crippen LogP contribution in [0.3, 0.4) is 0 Å². The molecule has 3 rings (SSSR count). The van der Waals surface area contributed by atoms with Crippen molar-refractivity contribution in [2.45, 2.75) is 30.9 Å². The van der Waals surface area contributed by atoms with Crippen LogP contribution in [-0.4, -0.2) is 43.6 Å². The van der Waals surface area contributed by atoms with E-state index in [1.165, 1.54) is 0 Å². The van der Waals surface area contributed by atoms with E-state index in [0.29, 0.717) is 25.4 Å². The first-order valence-corrected chi connectivity index (χ1v) is 9.67. The van der Waals surface area contributed by atoms with Crippen molar-refractivity contribution in [3.8, 4) is 0 Å². The molecule has 134 valence electrons. The molecule has 0 spiro atoms. The summed E-state index contributed by atoms with van der Waals surface area (Å²) in [5.41, 5.74) is 0.720. The van der Waals surface area contributed by atoms with Gasteiger partial charge in [0.2, 0.25) is 11.8 Å². The zero-order chi connectivity index (χ0) is 17.9. The molecule has 1 aliphatic heterocycles. The van der Waals surface area contributed by atoms with Crippen LogP contribution in [0.4, 0.5) is 0 Å². The van der Waals surface area contributed by atoms with Crippen LogP contribution in [-0.2, 0) is 38.9 Å². The molecule has 7 nitrogen and oxygen atoms in total. The molecule has 0 unspecified atom stereocenters. The Kier molecular flexibility index (Phi) is 5.19. The van der Waals surface area contributed by atoms with Crippen LogP contribution < -0.4 is 0 Å². The average Bonchev–Trinajstić information content (AvgIpc) is 3.02. The molecule has 0 bridgehead atoms. The number of hydrogen-bond donors (Lipinski definition) is 0. The maximum absolute atomic E-state index is 12.4. The van der Waals surface area contributed by atoms with Gasteiger partial charge in [-0.3, -0.25) is 4.79 Å². The summed E-state index contributed by atoms with van der Waals surface area (Å²) in [6.45, 7) is 1.13. The molecule has 0 fully saturated rings. The number of carbonyl (C=O) groups excluding carboxylic acids is 1. The number of oxazole rings is 1. The molecule has 0 saturated carbocycles. The second-order valence-electron chi connectivity index (χ2n) is 5.86. The zero-order valence-electron chi connectivity index (χ0n) is 14.0. The molecule has 0 atom stereocenters. The Bertz CT molecular complexity index is 845. The number of methoxy groups -OCH3 is 1. The van der Waals surface area contributed by atoms with E-state index in [-0.39, 0.29) is 29.6 Å². The zero-order valence-corrected chi connectivity index (χ0v) is 14.8. The lowest BCUT2D eigenvalue weighted by Gasteiger charge is -2.25. The van der Waals surface area contributed by atoms with Gasteiger partial charge in [-0.15, -0.1) is 0 Å². The van der Waals surface area contributed by atoms with Gasteiger partial charge in [-0.05, 0) is 12.1 Å². The SMILES string of the molecule is COCc1nc2c(o1)CCN(C(=O)CCS(=O)(=O)c1ccccc1)C2. The summed E-state index contributed by atoms with van der Waals surface area (Å²) >= 11 is 0. The molecule has 0 saturated heterocycles. The number of ether oxygens (including phenoxy) is 1. The van der Waals surface area contributed by atoms with E-state index in [4.69, 9.17) is 9.15 Å². The van der Waals surface area contributed by atoms with Crippen LogP contribution in [0.2, 0.25) is 0 Å². The maximum Gasteiger partial charge on any atom is 0.223 e. The fourth-order valence-corrected chi connectivity index (χ4v) is 4.03. The van der Waals surface area contributed by atoms with Crippen LogP contribution >= 0.6 is 0 Å². The third-order valence-electron chi connectivity index (χ3n) is 4.08. The van der Waals surface area contributed by atoms with E-state index in [1.807, 2.05) is 0 Å². The standard InChI is InChI=1S/C17H20N2O5S/c1-23-12-16-18-14-11-19(9-7-15(14)24-16)17(20)8-10-25(21,22)13-5-3-2-4-6-13/h2-6H,7-12H2,1H3. The molecule has 2 aromatic rings. The van der Waals surface area contributed by atoms with Crippen molar-refractivity contribution in [3.05, 3.63) is 47.7 Å². The largest absolute Gasteiger partial charge is 0.443 e. The molecule has 8 heteroatoms. The second kappa shape index (κ2) is 7.37. The van der Waals surface area contributed by atoms with E-state index in [2.05, 4.69) is 4.98 Å². The van der Waals surface area contributed by atoms with Crippen LogP contribution in [0.5, 0.6) is 0 Å². The van der Waals surface area contributed by atoms with Gasteiger partial charge in [0.1, 0.15) is 18.1 Å². The van der Waals surface area contributed by atoms with Crippen molar-refractivity contribution in [2.75, 3.05) is 19.4 Å². The van der Waals surface area contributed by atoms with Crippen molar-refractivity contribution in [3.63, 3.8) is 0 Å². The van der Waals surface area contributed by atoms with Gasteiger partial charge in [-0.1, -0.05) is 18.2 Å². The molecule has 25 heavy (non-hydrogen) atoms. The molecule has 0 aliphatic carbocycles. The summed E-state index contributed by atoms with van der Waals surface area (Å²) in [7, 11) is -1.89. The summed E-state index contributed by atoms with van der Waals surface area (Å²) in [4.78, 5) is 18.6. The van der Waals surface area contributed by atoms with Crippen molar-refractivity contribution >= 4 is 15.7 Å². The molecule has 2 heterocycles. The van der Waals surface area contributed by atoms with E-state index < -0.39 is 9.84 Å². The lowest BCUT2D eigenvalue weighted by molar-refractivity contribution is -0.131. The molecular formula is C17H20N2O5S. The quantitative estimate of drug-likeness (QED) is 0.773. The van der Waals surface area contributed by atoms with Gasteiger partial charge >= 0.3 is 0 Å². The molecular weight excluding hydrogens is 344 g/mol. The van der Waals surface area contributed by atoms with Gasteiger partial charge in [0.15, 0.2) is 9.84 Å². The van der Waals surface area contributed by atoms with Crippen molar-refractivity contribution in [2.24, 2.45) is 0 Å². The molecule has 0 radical (unpaired) electrons. The predicted octanol–water partition coefficient (Wildman–Crippen LogP) is 1.57. The number of benzene rings is 1. The molecule has 0 N–H and O–H groups in total. The Balaban J connectivity index is 1.60. The number of carbonyl (C=O) groups is 1. The maximum atomic E-state index is 12.4. The third kappa shape index (κ3) is 4.08. The third-order valence-corrected chi connectivity index (χ3v) is 5.81. The Morgan fingerprint density at radius 1 is 1.32 bits per heavy atom. The number of aromatic nitrogens is 1. The first-order chi connectivity index (χ1) is 12.0. The number of sulfone groups is 1. The van der Waals surface area contributed by atoms with Crippen LogP contribution in [0.1, 0.15) is 23.8 Å². The Labute approximate surface area is 146 Å². The lowest BCUT2D eigenvalue weighted by Crippen LogP contribution is -2.36. The highest BCUT2D eigenvalue weighted by atomic mass is 32.2. The first-order valence-electron chi connectivity index (χ1n) is 8.01. The fraction of sp³-hybridized carbons (Fsp3) is 0.412. The molecule has 1 aromatic carbocycles. The minimum Gasteiger partial charge on any atom is -0.443 e. The summed E-state index contributed by atoms with van der Waals surface area (Å²) < 4.78 is 35.1. The van der Waals surface area contributed by atoms with Crippen molar-refractivity contribution < 1.29 is 22.4 Å². The van der Waals surface area contributed by atoms with Crippen LogP contribution in [0, 0.1) is 0 Å². The highest BCUT2D eigenvalue weighted by Crippen LogP contribution is 2.21. The minimum absolute atomic E-state index is 0.0463. The Morgan fingerprint density at radius 3 is 2.80 bits per heavy atom. The molecule has 1 aromatic heterocycles. The van der Waals surface area contributed by atoms with Gasteiger partial charge in [0, 0.05) is 26.5 Å². The van der Waals surface area contributed by atoms with Crippen LogP contribution in [0.25, 0.3) is 0 Å². The summed E-state index contributed by atoms with van der Waals surface area (Å²) in [5.74, 6) is 0.871. The number of fused-ring (bicyclic) bond motifs is 1. The Hall–Kier alpha value is -2.19. The van der Waals surface area contributed by atoms with Crippen molar-refractivity contribution in [1.82, 2.24) is 9.88 Å². The number of amides is 1. The van der Waals surface area contributed by atoms with Crippen molar-refractivity contribution in [1.29, 1.82) is 0 Å². The van der Waals surface area contributed by atoms with Gasteiger partial charge in [-0.25, -0.2) is 13.4 Å². The normalized spacial score (nSPS) is 14.4. The smallest absolute Gasteiger partial charge is 0.223 e. The lowest BCUT2D eigenvalue weighted by atomic mass is 10.1. The van der Waals surface area contributed by atoms with E-state index >= 15 is 0 Å². The van der Waals surface area contributed by atoms with Gasteiger partial charge < -0.3 is 14.1 Å². The van der Waals surface area contributed by atoms with Crippen LogP contribution in [0.15, 0.2) is 39.6 Å². The van der Waals surface area contributed by atoms with E-state index in [9.17, 15) is 13.2 Å². The molecule has 1 aliphatic rings.